The molecule has 0 saturated heterocycles. The zero-order chi connectivity index (χ0) is 27.2. The SMILES string of the molecule is COc1cc(C(=O)N/N=C\c2ccc(-c3ccc([N+](=O)[O-])cc3C)o2)ccc1OCc1ccc(Cl)cc1Cl. The molecule has 0 radical (unpaired) electrons. The first-order chi connectivity index (χ1) is 18.2. The number of hydrogen-bond donors (Lipinski definition) is 1. The molecule has 3 aromatic carbocycles. The van der Waals surface area contributed by atoms with Gasteiger partial charge in [-0.15, -0.1) is 0 Å². The Morgan fingerprint density at radius 2 is 1.89 bits per heavy atom. The van der Waals surface area contributed by atoms with Gasteiger partial charge in [-0.1, -0.05) is 29.3 Å². The van der Waals surface area contributed by atoms with Crippen molar-refractivity contribution in [3.63, 3.8) is 0 Å². The van der Waals surface area contributed by atoms with Gasteiger partial charge in [0.25, 0.3) is 11.6 Å². The van der Waals surface area contributed by atoms with Crippen LogP contribution in [0.1, 0.15) is 27.2 Å². The number of aryl methyl sites for hydroxylation is 1. The average Bonchev–Trinajstić information content (AvgIpc) is 3.36. The first-order valence-electron chi connectivity index (χ1n) is 11.2. The number of methoxy groups -OCH3 is 1. The molecule has 38 heavy (non-hydrogen) atoms. The molecule has 0 saturated carbocycles. The van der Waals surface area contributed by atoms with Crippen molar-refractivity contribution in [2.45, 2.75) is 13.5 Å². The van der Waals surface area contributed by atoms with E-state index in [0.29, 0.717) is 49.8 Å². The van der Waals surface area contributed by atoms with Gasteiger partial charge in [0.05, 0.1) is 18.2 Å². The summed E-state index contributed by atoms with van der Waals surface area (Å²) in [5.74, 6) is 1.24. The second kappa shape index (κ2) is 11.8. The Labute approximate surface area is 227 Å². The number of carbonyl (C=O) groups is 1. The smallest absolute Gasteiger partial charge is 0.271 e. The Bertz CT molecular complexity index is 1530. The van der Waals surface area contributed by atoms with Crippen LogP contribution in [0.3, 0.4) is 0 Å². The molecule has 4 rings (SSSR count). The maximum absolute atomic E-state index is 12.6. The standard InChI is InChI=1S/C27H21Cl2N3O6/c1-16-11-20(32(34)35)6-8-22(16)24-10-7-21(38-24)14-30-31-27(33)17-4-9-25(26(12-17)36-2)37-15-18-3-5-19(28)13-23(18)29/h3-14H,15H2,1-2H3,(H,31,33)/b30-14-. The molecule has 0 spiro atoms. The van der Waals surface area contributed by atoms with Crippen LogP contribution in [0.15, 0.2) is 76.2 Å². The number of rotatable bonds is 9. The van der Waals surface area contributed by atoms with Crippen LogP contribution in [-0.2, 0) is 6.61 Å². The third-order valence-electron chi connectivity index (χ3n) is 5.50. The number of carbonyl (C=O) groups excluding carboxylic acids is 1. The number of nitro groups is 1. The van der Waals surface area contributed by atoms with E-state index in [1.54, 1.807) is 55.5 Å². The Kier molecular flexibility index (Phi) is 8.30. The Morgan fingerprint density at radius 1 is 1.08 bits per heavy atom. The van der Waals surface area contributed by atoms with Gasteiger partial charge < -0.3 is 13.9 Å². The molecule has 0 atom stereocenters. The Hall–Kier alpha value is -4.34. The van der Waals surface area contributed by atoms with E-state index in [-0.39, 0.29) is 12.3 Å². The van der Waals surface area contributed by atoms with Crippen molar-refractivity contribution in [3.8, 4) is 22.8 Å². The van der Waals surface area contributed by atoms with Crippen LogP contribution in [0.2, 0.25) is 10.0 Å². The molecule has 0 unspecified atom stereocenters. The summed E-state index contributed by atoms with van der Waals surface area (Å²) in [5, 5.41) is 15.9. The molecule has 1 heterocycles. The lowest BCUT2D eigenvalue weighted by Gasteiger charge is -2.12. The van der Waals surface area contributed by atoms with Gasteiger partial charge in [-0.25, -0.2) is 5.43 Å². The van der Waals surface area contributed by atoms with Gasteiger partial charge in [0, 0.05) is 38.9 Å². The largest absolute Gasteiger partial charge is 0.493 e. The highest BCUT2D eigenvalue weighted by Crippen LogP contribution is 2.31. The molecule has 9 nitrogen and oxygen atoms in total. The van der Waals surface area contributed by atoms with Gasteiger partial charge in [-0.3, -0.25) is 14.9 Å². The highest BCUT2D eigenvalue weighted by Gasteiger charge is 2.14. The highest BCUT2D eigenvalue weighted by molar-refractivity contribution is 6.35. The van der Waals surface area contributed by atoms with Gasteiger partial charge in [0.2, 0.25) is 0 Å². The predicted molar refractivity (Wildman–Crippen MR) is 144 cm³/mol. The first kappa shape index (κ1) is 26.7. The van der Waals surface area contributed by atoms with Gasteiger partial charge in [0.1, 0.15) is 18.1 Å². The summed E-state index contributed by atoms with van der Waals surface area (Å²) < 4.78 is 16.9. The third-order valence-corrected chi connectivity index (χ3v) is 6.08. The van der Waals surface area contributed by atoms with Crippen LogP contribution in [0.4, 0.5) is 5.69 Å². The molecule has 194 valence electrons. The topological polar surface area (TPSA) is 116 Å². The fourth-order valence-corrected chi connectivity index (χ4v) is 4.01. The molecule has 0 aliphatic heterocycles. The normalized spacial score (nSPS) is 10.9. The molecule has 4 aromatic rings. The van der Waals surface area contributed by atoms with Gasteiger partial charge in [-0.05, 0) is 61.0 Å². The van der Waals surface area contributed by atoms with Crippen molar-refractivity contribution in [2.24, 2.45) is 5.10 Å². The minimum atomic E-state index is -0.468. The summed E-state index contributed by atoms with van der Waals surface area (Å²) in [6.07, 6.45) is 1.35. The molecule has 1 aromatic heterocycles. The molecule has 0 aliphatic carbocycles. The minimum absolute atomic E-state index is 0.00415. The number of nitrogens with one attached hydrogen (secondary N) is 1. The monoisotopic (exact) mass is 553 g/mol. The maximum atomic E-state index is 12.6. The van der Waals surface area contributed by atoms with Crippen molar-refractivity contribution >= 4 is 41.0 Å². The average molecular weight is 554 g/mol. The van der Waals surface area contributed by atoms with E-state index in [2.05, 4.69) is 10.5 Å². The molecule has 0 bridgehead atoms. The molecule has 11 heteroatoms. The highest BCUT2D eigenvalue weighted by atomic mass is 35.5. The van der Waals surface area contributed by atoms with E-state index in [4.69, 9.17) is 37.1 Å². The summed E-state index contributed by atoms with van der Waals surface area (Å²) in [4.78, 5) is 23.1. The zero-order valence-corrected chi connectivity index (χ0v) is 21.7. The first-order valence-corrected chi connectivity index (χ1v) is 11.9. The van der Waals surface area contributed by atoms with Crippen LogP contribution in [0, 0.1) is 17.0 Å². The Morgan fingerprint density at radius 3 is 2.61 bits per heavy atom. The fraction of sp³-hybridized carbons (Fsp3) is 0.111. The van der Waals surface area contributed by atoms with Crippen molar-refractivity contribution in [1.82, 2.24) is 5.43 Å². The number of furan rings is 1. The number of hydrogen-bond acceptors (Lipinski definition) is 7. The fourth-order valence-electron chi connectivity index (χ4n) is 3.55. The number of halogens is 2. The number of nitrogens with zero attached hydrogens (tertiary/aromatic N) is 2. The van der Waals surface area contributed by atoms with Crippen LogP contribution in [0.5, 0.6) is 11.5 Å². The molecule has 0 fully saturated rings. The van der Waals surface area contributed by atoms with Crippen LogP contribution < -0.4 is 14.9 Å². The zero-order valence-electron chi connectivity index (χ0n) is 20.2. The molecular formula is C27H21Cl2N3O6. The lowest BCUT2D eigenvalue weighted by molar-refractivity contribution is -0.384. The number of benzene rings is 3. The quantitative estimate of drug-likeness (QED) is 0.138. The number of ether oxygens (including phenoxy) is 2. The van der Waals surface area contributed by atoms with E-state index in [1.165, 1.54) is 31.5 Å². The summed E-state index contributed by atoms with van der Waals surface area (Å²) in [6, 6.07) is 17.8. The molecule has 1 amide bonds. The lowest BCUT2D eigenvalue weighted by Crippen LogP contribution is -2.17. The van der Waals surface area contributed by atoms with E-state index in [9.17, 15) is 14.9 Å². The lowest BCUT2D eigenvalue weighted by atomic mass is 10.1. The molecule has 0 aliphatic rings. The summed E-state index contributed by atoms with van der Waals surface area (Å²) in [7, 11) is 1.47. The molecule has 1 N–H and O–H groups in total. The Balaban J connectivity index is 1.39. The number of hydrazone groups is 1. The second-order valence-electron chi connectivity index (χ2n) is 8.05. The summed E-state index contributed by atoms with van der Waals surface area (Å²) in [5.41, 5.74) is 4.91. The summed E-state index contributed by atoms with van der Waals surface area (Å²) in [6.45, 7) is 1.95. The van der Waals surface area contributed by atoms with Crippen LogP contribution in [0.25, 0.3) is 11.3 Å². The third kappa shape index (κ3) is 6.31. The van der Waals surface area contributed by atoms with E-state index >= 15 is 0 Å². The number of nitro benzene ring substituents is 1. The van der Waals surface area contributed by atoms with Gasteiger partial charge >= 0.3 is 0 Å². The van der Waals surface area contributed by atoms with Crippen molar-refractivity contribution in [1.29, 1.82) is 0 Å². The van der Waals surface area contributed by atoms with Crippen LogP contribution >= 0.6 is 23.2 Å². The molecular weight excluding hydrogens is 533 g/mol. The second-order valence-corrected chi connectivity index (χ2v) is 8.89. The number of amides is 1. The number of non-ortho nitro benzene ring substituents is 1. The maximum Gasteiger partial charge on any atom is 0.271 e. The predicted octanol–water partition coefficient (Wildman–Crippen LogP) is 6.82. The van der Waals surface area contributed by atoms with Crippen LogP contribution in [-0.4, -0.2) is 24.2 Å². The van der Waals surface area contributed by atoms with Gasteiger partial charge in [0.15, 0.2) is 11.5 Å². The van der Waals surface area contributed by atoms with Crippen molar-refractivity contribution in [2.75, 3.05) is 7.11 Å². The van der Waals surface area contributed by atoms with Crippen molar-refractivity contribution < 1.29 is 23.6 Å². The van der Waals surface area contributed by atoms with E-state index < -0.39 is 10.8 Å². The summed E-state index contributed by atoms with van der Waals surface area (Å²) >= 11 is 12.1. The minimum Gasteiger partial charge on any atom is -0.493 e. The van der Waals surface area contributed by atoms with E-state index in [1.807, 2.05) is 0 Å². The van der Waals surface area contributed by atoms with Gasteiger partial charge in [-0.2, -0.15) is 5.10 Å². The van der Waals surface area contributed by atoms with Crippen molar-refractivity contribution in [3.05, 3.63) is 109 Å². The van der Waals surface area contributed by atoms with E-state index in [0.717, 1.165) is 5.56 Å².